The molecule has 0 atom stereocenters. The second-order valence-electron chi connectivity index (χ2n) is 2.42. The van der Waals surface area contributed by atoms with Gasteiger partial charge in [-0.25, -0.2) is 0 Å². The predicted molar refractivity (Wildman–Crippen MR) is 56.0 cm³/mol. The van der Waals surface area contributed by atoms with Crippen molar-refractivity contribution in [3.63, 3.8) is 0 Å². The molecular formula is C8H4BrCl2N. The number of benzene rings is 1. The van der Waals surface area contributed by atoms with E-state index in [0.29, 0.717) is 10.2 Å². The quantitative estimate of drug-likeness (QED) is 0.733. The number of halogens is 3. The average Bonchev–Trinajstić information content (AvgIpc) is 2.32. The van der Waals surface area contributed by atoms with Crippen molar-refractivity contribution < 1.29 is 0 Å². The monoisotopic (exact) mass is 263 g/mol. The van der Waals surface area contributed by atoms with Gasteiger partial charge in [0, 0.05) is 5.39 Å². The van der Waals surface area contributed by atoms with E-state index >= 15 is 0 Å². The van der Waals surface area contributed by atoms with E-state index in [4.69, 9.17) is 23.2 Å². The minimum absolute atomic E-state index is 0.582. The smallest absolute Gasteiger partial charge is 0.121 e. The van der Waals surface area contributed by atoms with Crippen molar-refractivity contribution >= 4 is 50.0 Å². The van der Waals surface area contributed by atoms with E-state index in [1.54, 1.807) is 0 Å². The fraction of sp³-hybridized carbons (Fsp3) is 0. The second kappa shape index (κ2) is 2.95. The molecule has 0 amide bonds. The molecule has 0 saturated carbocycles. The Labute approximate surface area is 87.8 Å². The maximum absolute atomic E-state index is 5.93. The number of rotatable bonds is 0. The summed E-state index contributed by atoms with van der Waals surface area (Å²) in [5, 5.41) is 2.27. The lowest BCUT2D eigenvalue weighted by atomic mass is 10.2. The number of aromatic nitrogens is 1. The van der Waals surface area contributed by atoms with Crippen LogP contribution in [0.25, 0.3) is 10.9 Å². The standard InChI is InChI=1S/C8H4BrCl2N/c9-6-4-2-1-3-5(10)7(4)12-8(6)11/h1-3,12H. The average molecular weight is 265 g/mol. The van der Waals surface area contributed by atoms with Gasteiger partial charge in [0.15, 0.2) is 0 Å². The number of hydrogen-bond donors (Lipinski definition) is 1. The lowest BCUT2D eigenvalue weighted by Gasteiger charge is -1.91. The van der Waals surface area contributed by atoms with Gasteiger partial charge < -0.3 is 4.98 Å². The van der Waals surface area contributed by atoms with Gasteiger partial charge in [-0.2, -0.15) is 0 Å². The molecule has 4 heteroatoms. The van der Waals surface area contributed by atoms with Crippen molar-refractivity contribution in [1.82, 2.24) is 4.98 Å². The summed E-state index contributed by atoms with van der Waals surface area (Å²) in [4.78, 5) is 2.98. The highest BCUT2D eigenvalue weighted by Crippen LogP contribution is 2.34. The molecule has 1 aromatic carbocycles. The van der Waals surface area contributed by atoms with Crippen LogP contribution >= 0.6 is 39.1 Å². The topological polar surface area (TPSA) is 15.8 Å². The summed E-state index contributed by atoms with van der Waals surface area (Å²) in [6.07, 6.45) is 0. The molecule has 1 heterocycles. The first-order chi connectivity index (χ1) is 5.70. The third kappa shape index (κ3) is 1.15. The molecule has 0 bridgehead atoms. The van der Waals surface area contributed by atoms with Gasteiger partial charge in [0.2, 0.25) is 0 Å². The van der Waals surface area contributed by atoms with Crippen molar-refractivity contribution in [2.24, 2.45) is 0 Å². The van der Waals surface area contributed by atoms with Gasteiger partial charge in [-0.3, -0.25) is 0 Å². The minimum Gasteiger partial charge on any atom is -0.343 e. The maximum atomic E-state index is 5.93. The Kier molecular flexibility index (Phi) is 2.07. The van der Waals surface area contributed by atoms with Crippen molar-refractivity contribution in [1.29, 1.82) is 0 Å². The second-order valence-corrected chi connectivity index (χ2v) is 3.99. The van der Waals surface area contributed by atoms with Crippen molar-refractivity contribution in [2.45, 2.75) is 0 Å². The zero-order valence-corrected chi connectivity index (χ0v) is 8.96. The van der Waals surface area contributed by atoms with E-state index in [1.165, 1.54) is 0 Å². The van der Waals surface area contributed by atoms with Crippen LogP contribution in [0.3, 0.4) is 0 Å². The molecule has 0 unspecified atom stereocenters. The van der Waals surface area contributed by atoms with Crippen LogP contribution in [0.15, 0.2) is 22.7 Å². The normalized spacial score (nSPS) is 10.9. The van der Waals surface area contributed by atoms with Crippen molar-refractivity contribution in [3.05, 3.63) is 32.8 Å². The van der Waals surface area contributed by atoms with Gasteiger partial charge in [0.25, 0.3) is 0 Å². The molecule has 62 valence electrons. The number of fused-ring (bicyclic) bond motifs is 1. The molecule has 0 radical (unpaired) electrons. The Bertz CT molecular complexity index is 436. The molecule has 0 aliphatic carbocycles. The third-order valence-corrected chi connectivity index (χ3v) is 3.33. The summed E-state index contributed by atoms with van der Waals surface area (Å²) in [5.74, 6) is 0. The Morgan fingerprint density at radius 2 is 2.00 bits per heavy atom. The van der Waals surface area contributed by atoms with E-state index in [9.17, 15) is 0 Å². The molecule has 0 aliphatic rings. The van der Waals surface area contributed by atoms with Crippen LogP contribution in [0, 0.1) is 0 Å². The molecule has 1 nitrogen and oxygen atoms in total. The first-order valence-electron chi connectivity index (χ1n) is 3.31. The van der Waals surface area contributed by atoms with E-state index in [0.717, 1.165) is 15.4 Å². The fourth-order valence-corrected chi connectivity index (χ4v) is 1.96. The number of hydrogen-bond acceptors (Lipinski definition) is 0. The summed E-state index contributed by atoms with van der Waals surface area (Å²) in [5.41, 5.74) is 0.871. The highest BCUT2D eigenvalue weighted by atomic mass is 79.9. The van der Waals surface area contributed by atoms with Crippen LogP contribution in [-0.2, 0) is 0 Å². The molecule has 2 aromatic rings. The van der Waals surface area contributed by atoms with Gasteiger partial charge in [-0.15, -0.1) is 0 Å². The highest BCUT2D eigenvalue weighted by molar-refractivity contribution is 9.10. The molecule has 0 aliphatic heterocycles. The first kappa shape index (κ1) is 8.42. The molecular weight excluding hydrogens is 261 g/mol. The van der Waals surface area contributed by atoms with Gasteiger partial charge in [-0.05, 0) is 22.0 Å². The van der Waals surface area contributed by atoms with Crippen LogP contribution in [0.4, 0.5) is 0 Å². The Morgan fingerprint density at radius 3 is 2.67 bits per heavy atom. The number of aromatic amines is 1. The Balaban J connectivity index is 2.95. The minimum atomic E-state index is 0.582. The van der Waals surface area contributed by atoms with Crippen molar-refractivity contribution in [2.75, 3.05) is 0 Å². The molecule has 2 rings (SSSR count). The number of para-hydroxylation sites is 1. The summed E-state index contributed by atoms with van der Waals surface area (Å²) in [6.45, 7) is 0. The lowest BCUT2D eigenvalue weighted by Crippen LogP contribution is -1.68. The first-order valence-corrected chi connectivity index (χ1v) is 4.86. The third-order valence-electron chi connectivity index (χ3n) is 1.68. The molecule has 1 N–H and O–H groups in total. The van der Waals surface area contributed by atoms with Crippen LogP contribution in [0.5, 0.6) is 0 Å². The maximum Gasteiger partial charge on any atom is 0.121 e. The van der Waals surface area contributed by atoms with Crippen LogP contribution in [0.1, 0.15) is 0 Å². The SMILES string of the molecule is Clc1[nH]c2c(Cl)cccc2c1Br. The summed E-state index contributed by atoms with van der Waals surface area (Å²) in [6, 6.07) is 5.66. The number of nitrogens with one attached hydrogen (secondary N) is 1. The molecule has 1 aromatic heterocycles. The summed E-state index contributed by atoms with van der Waals surface area (Å²) >= 11 is 15.2. The highest BCUT2D eigenvalue weighted by Gasteiger charge is 2.08. The van der Waals surface area contributed by atoms with Crippen molar-refractivity contribution in [3.8, 4) is 0 Å². The Morgan fingerprint density at radius 1 is 1.25 bits per heavy atom. The van der Waals surface area contributed by atoms with E-state index in [1.807, 2.05) is 18.2 Å². The van der Waals surface area contributed by atoms with Gasteiger partial charge in [0.1, 0.15) is 5.15 Å². The molecule has 0 saturated heterocycles. The fourth-order valence-electron chi connectivity index (χ4n) is 1.12. The van der Waals surface area contributed by atoms with Gasteiger partial charge in [0.05, 0.1) is 15.0 Å². The zero-order valence-electron chi connectivity index (χ0n) is 5.87. The Hall–Kier alpha value is -0.180. The lowest BCUT2D eigenvalue weighted by molar-refractivity contribution is 1.46. The van der Waals surface area contributed by atoms with Crippen LogP contribution in [-0.4, -0.2) is 4.98 Å². The van der Waals surface area contributed by atoms with E-state index in [2.05, 4.69) is 20.9 Å². The van der Waals surface area contributed by atoms with Gasteiger partial charge in [-0.1, -0.05) is 35.3 Å². The van der Waals surface area contributed by atoms with Gasteiger partial charge >= 0.3 is 0 Å². The summed E-state index contributed by atoms with van der Waals surface area (Å²) in [7, 11) is 0. The summed E-state index contributed by atoms with van der Waals surface area (Å²) < 4.78 is 0.863. The number of H-pyrrole nitrogens is 1. The van der Waals surface area contributed by atoms with Crippen LogP contribution in [0.2, 0.25) is 10.2 Å². The largest absolute Gasteiger partial charge is 0.343 e. The van der Waals surface area contributed by atoms with E-state index in [-0.39, 0.29) is 0 Å². The van der Waals surface area contributed by atoms with Crippen LogP contribution < -0.4 is 0 Å². The molecule has 12 heavy (non-hydrogen) atoms. The zero-order chi connectivity index (χ0) is 8.72. The van der Waals surface area contributed by atoms with E-state index < -0.39 is 0 Å². The predicted octanol–water partition coefficient (Wildman–Crippen LogP) is 4.24. The molecule has 0 spiro atoms. The molecule has 0 fully saturated rings.